The molecule has 0 amide bonds. The Bertz CT molecular complexity index is 2620. The van der Waals surface area contributed by atoms with Gasteiger partial charge in [0, 0.05) is 39.4 Å². The maximum atomic E-state index is 5.18. The standard InChI is InChI=1S/C46H31N5/c1-30-18-19-35-24-25-38-39(28-41(33-11-4-2-5-12-33)49-45(38)44(35)48-30)32-22-20-31(21-23-32)36-15-10-16-37(27-36)46-50-42(34-13-6-3-7-14-34)29-43(51-46)40-17-8-9-26-47-40/h2-29H,1H3. The number of pyridine rings is 3. The summed E-state index contributed by atoms with van der Waals surface area (Å²) >= 11 is 0. The predicted molar refractivity (Wildman–Crippen MR) is 208 cm³/mol. The zero-order valence-corrected chi connectivity index (χ0v) is 27.9. The van der Waals surface area contributed by atoms with Crippen molar-refractivity contribution in [1.82, 2.24) is 24.9 Å². The first-order valence-corrected chi connectivity index (χ1v) is 17.0. The highest BCUT2D eigenvalue weighted by Gasteiger charge is 2.15. The number of rotatable bonds is 6. The van der Waals surface area contributed by atoms with Crippen LogP contribution in [0.5, 0.6) is 0 Å². The molecule has 5 heteroatoms. The molecule has 0 spiro atoms. The summed E-state index contributed by atoms with van der Waals surface area (Å²) in [5, 5.41) is 2.16. The second kappa shape index (κ2) is 12.9. The average molecular weight is 654 g/mol. The summed E-state index contributed by atoms with van der Waals surface area (Å²) in [6, 6.07) is 56.3. The first-order valence-electron chi connectivity index (χ1n) is 17.0. The number of fused-ring (bicyclic) bond motifs is 3. The summed E-state index contributed by atoms with van der Waals surface area (Å²) in [4.78, 5) is 24.7. The number of nitrogens with zero attached hydrogens (tertiary/aromatic N) is 5. The molecular formula is C46H31N5. The predicted octanol–water partition coefficient (Wildman–Crippen LogP) is 11.3. The molecule has 0 atom stereocenters. The van der Waals surface area contributed by atoms with Crippen molar-refractivity contribution >= 4 is 21.8 Å². The highest BCUT2D eigenvalue weighted by atomic mass is 14.9. The fourth-order valence-corrected chi connectivity index (χ4v) is 6.62. The van der Waals surface area contributed by atoms with Gasteiger partial charge < -0.3 is 0 Å². The van der Waals surface area contributed by atoms with E-state index in [0.29, 0.717) is 5.82 Å². The first kappa shape index (κ1) is 30.2. The van der Waals surface area contributed by atoms with Gasteiger partial charge in [-0.1, -0.05) is 127 Å². The third-order valence-corrected chi connectivity index (χ3v) is 9.22. The monoisotopic (exact) mass is 653 g/mol. The smallest absolute Gasteiger partial charge is 0.160 e. The second-order valence-corrected chi connectivity index (χ2v) is 12.6. The molecule has 9 aromatic rings. The molecule has 0 aliphatic carbocycles. The summed E-state index contributed by atoms with van der Waals surface area (Å²) in [5.74, 6) is 0.656. The van der Waals surface area contributed by atoms with Gasteiger partial charge in [0.2, 0.25) is 0 Å². The van der Waals surface area contributed by atoms with Crippen LogP contribution in [0.3, 0.4) is 0 Å². The van der Waals surface area contributed by atoms with Gasteiger partial charge in [0.05, 0.1) is 33.8 Å². The van der Waals surface area contributed by atoms with Crippen LogP contribution in [0, 0.1) is 6.92 Å². The quantitative estimate of drug-likeness (QED) is 0.167. The number of hydrogen-bond donors (Lipinski definition) is 0. The molecule has 240 valence electrons. The molecule has 4 heterocycles. The maximum Gasteiger partial charge on any atom is 0.160 e. The maximum absolute atomic E-state index is 5.18. The molecule has 0 aliphatic rings. The Kier molecular flexibility index (Phi) is 7.63. The molecule has 0 N–H and O–H groups in total. The SMILES string of the molecule is Cc1ccc2ccc3c(-c4ccc(-c5cccc(-c6nc(-c7ccccc7)cc(-c7ccccn7)n6)c5)cc4)cc(-c4ccccc4)nc3c2n1. The van der Waals surface area contributed by atoms with Crippen molar-refractivity contribution in [3.8, 4) is 67.5 Å². The van der Waals surface area contributed by atoms with E-state index in [-0.39, 0.29) is 0 Å². The second-order valence-electron chi connectivity index (χ2n) is 12.6. The van der Waals surface area contributed by atoms with Gasteiger partial charge in [0.15, 0.2) is 5.82 Å². The summed E-state index contributed by atoms with van der Waals surface area (Å²) in [6.07, 6.45) is 1.79. The van der Waals surface area contributed by atoms with Crippen LogP contribution in [0.2, 0.25) is 0 Å². The van der Waals surface area contributed by atoms with Crippen LogP contribution in [0.25, 0.3) is 89.4 Å². The lowest BCUT2D eigenvalue weighted by atomic mass is 9.95. The Labute approximate surface area is 296 Å². The molecule has 0 unspecified atom stereocenters. The fraction of sp³-hybridized carbons (Fsp3) is 0.0217. The van der Waals surface area contributed by atoms with Crippen LogP contribution in [0.1, 0.15) is 5.69 Å². The lowest BCUT2D eigenvalue weighted by molar-refractivity contribution is 1.16. The normalized spacial score (nSPS) is 11.2. The summed E-state index contributed by atoms with van der Waals surface area (Å²) in [6.45, 7) is 2.03. The van der Waals surface area contributed by atoms with Crippen LogP contribution >= 0.6 is 0 Å². The van der Waals surface area contributed by atoms with E-state index in [4.69, 9.17) is 19.9 Å². The summed E-state index contributed by atoms with van der Waals surface area (Å²) < 4.78 is 0. The Balaban J connectivity index is 1.13. The topological polar surface area (TPSA) is 64.5 Å². The van der Waals surface area contributed by atoms with E-state index >= 15 is 0 Å². The Morgan fingerprint density at radius 2 is 1.02 bits per heavy atom. The molecule has 51 heavy (non-hydrogen) atoms. The van der Waals surface area contributed by atoms with Crippen LogP contribution in [-0.4, -0.2) is 24.9 Å². The minimum Gasteiger partial charge on any atom is -0.255 e. The third kappa shape index (κ3) is 5.91. The van der Waals surface area contributed by atoms with Gasteiger partial charge in [-0.15, -0.1) is 0 Å². The largest absolute Gasteiger partial charge is 0.255 e. The van der Waals surface area contributed by atoms with E-state index in [1.807, 2.05) is 55.5 Å². The van der Waals surface area contributed by atoms with E-state index in [0.717, 1.165) is 89.2 Å². The van der Waals surface area contributed by atoms with Crippen LogP contribution in [0.4, 0.5) is 0 Å². The van der Waals surface area contributed by atoms with E-state index in [2.05, 4.69) is 120 Å². The lowest BCUT2D eigenvalue weighted by Crippen LogP contribution is -1.97. The average Bonchev–Trinajstić information content (AvgIpc) is 3.21. The highest BCUT2D eigenvalue weighted by Crippen LogP contribution is 2.36. The van der Waals surface area contributed by atoms with Gasteiger partial charge in [-0.2, -0.15) is 0 Å². The highest BCUT2D eigenvalue weighted by molar-refractivity contribution is 6.09. The van der Waals surface area contributed by atoms with Crippen LogP contribution < -0.4 is 0 Å². The first-order chi connectivity index (χ1) is 25.2. The Hall–Kier alpha value is -6.85. The van der Waals surface area contributed by atoms with Crippen molar-refractivity contribution in [2.45, 2.75) is 6.92 Å². The molecule has 0 radical (unpaired) electrons. The van der Waals surface area contributed by atoms with Gasteiger partial charge >= 0.3 is 0 Å². The minimum absolute atomic E-state index is 0.656. The van der Waals surface area contributed by atoms with Gasteiger partial charge in [-0.05, 0) is 65.6 Å². The molecule has 4 aromatic heterocycles. The third-order valence-electron chi connectivity index (χ3n) is 9.22. The summed E-state index contributed by atoms with van der Waals surface area (Å²) in [7, 11) is 0. The van der Waals surface area contributed by atoms with Crippen LogP contribution in [0.15, 0.2) is 170 Å². The van der Waals surface area contributed by atoms with Crippen molar-refractivity contribution in [2.24, 2.45) is 0 Å². The van der Waals surface area contributed by atoms with E-state index in [9.17, 15) is 0 Å². The summed E-state index contributed by atoms with van der Waals surface area (Å²) in [5.41, 5.74) is 13.6. The van der Waals surface area contributed by atoms with Crippen molar-refractivity contribution in [3.05, 3.63) is 176 Å². The zero-order chi connectivity index (χ0) is 34.1. The fourth-order valence-electron chi connectivity index (χ4n) is 6.62. The molecule has 5 aromatic carbocycles. The molecular weight excluding hydrogens is 623 g/mol. The number of aromatic nitrogens is 5. The molecule has 5 nitrogen and oxygen atoms in total. The van der Waals surface area contributed by atoms with Crippen molar-refractivity contribution in [2.75, 3.05) is 0 Å². The van der Waals surface area contributed by atoms with E-state index < -0.39 is 0 Å². The number of benzene rings is 5. The van der Waals surface area contributed by atoms with Crippen molar-refractivity contribution < 1.29 is 0 Å². The molecule has 0 aliphatic heterocycles. The van der Waals surface area contributed by atoms with E-state index in [1.165, 1.54) is 0 Å². The molecule has 9 rings (SSSR count). The van der Waals surface area contributed by atoms with Gasteiger partial charge in [-0.25, -0.2) is 15.0 Å². The Morgan fingerprint density at radius 1 is 0.373 bits per heavy atom. The Morgan fingerprint density at radius 3 is 1.76 bits per heavy atom. The van der Waals surface area contributed by atoms with Gasteiger partial charge in [-0.3, -0.25) is 9.97 Å². The van der Waals surface area contributed by atoms with Crippen molar-refractivity contribution in [1.29, 1.82) is 0 Å². The zero-order valence-electron chi connectivity index (χ0n) is 27.9. The number of hydrogen-bond acceptors (Lipinski definition) is 5. The van der Waals surface area contributed by atoms with Gasteiger partial charge in [0.1, 0.15) is 0 Å². The number of aryl methyl sites for hydroxylation is 1. The van der Waals surface area contributed by atoms with Crippen molar-refractivity contribution in [3.63, 3.8) is 0 Å². The lowest BCUT2D eigenvalue weighted by Gasteiger charge is -2.13. The van der Waals surface area contributed by atoms with Gasteiger partial charge in [0.25, 0.3) is 0 Å². The molecule has 0 saturated carbocycles. The molecule has 0 fully saturated rings. The van der Waals surface area contributed by atoms with Crippen LogP contribution in [-0.2, 0) is 0 Å². The molecule has 0 bridgehead atoms. The van der Waals surface area contributed by atoms with E-state index in [1.54, 1.807) is 6.20 Å². The minimum atomic E-state index is 0.656. The molecule has 0 saturated heterocycles.